The van der Waals surface area contributed by atoms with Gasteiger partial charge in [0.25, 0.3) is 5.91 Å². The van der Waals surface area contributed by atoms with Gasteiger partial charge in [-0.15, -0.1) is 0 Å². The highest BCUT2D eigenvalue weighted by Crippen LogP contribution is 2.22. The average Bonchev–Trinajstić information content (AvgIpc) is 2.41. The SMILES string of the molecule is O=C(O)N1CCN(C(=O)c2cc(I)ccc2O)CC1. The van der Waals surface area contributed by atoms with Crippen molar-refractivity contribution >= 4 is 34.6 Å². The molecule has 0 aliphatic carbocycles. The van der Waals surface area contributed by atoms with E-state index in [0.717, 1.165) is 3.57 Å². The fourth-order valence-corrected chi connectivity index (χ4v) is 2.44. The maximum atomic E-state index is 12.2. The van der Waals surface area contributed by atoms with Crippen LogP contribution in [0.3, 0.4) is 0 Å². The number of carbonyl (C=O) groups excluding carboxylic acids is 1. The van der Waals surface area contributed by atoms with E-state index in [-0.39, 0.29) is 17.2 Å². The zero-order chi connectivity index (χ0) is 14.0. The molecule has 19 heavy (non-hydrogen) atoms. The van der Waals surface area contributed by atoms with Crippen LogP contribution in [0.25, 0.3) is 0 Å². The molecule has 6 nitrogen and oxygen atoms in total. The minimum atomic E-state index is -0.968. The Kier molecular flexibility index (Phi) is 4.13. The number of piperazine rings is 1. The van der Waals surface area contributed by atoms with Gasteiger partial charge >= 0.3 is 6.09 Å². The predicted octanol–water partition coefficient (Wildman–Crippen LogP) is 1.43. The number of carboxylic acid groups (broad SMARTS) is 1. The third-order valence-electron chi connectivity index (χ3n) is 3.03. The molecule has 2 N–H and O–H groups in total. The minimum Gasteiger partial charge on any atom is -0.507 e. The van der Waals surface area contributed by atoms with E-state index in [9.17, 15) is 14.7 Å². The fraction of sp³-hybridized carbons (Fsp3) is 0.333. The molecule has 0 unspecified atom stereocenters. The Morgan fingerprint density at radius 2 is 1.68 bits per heavy atom. The highest BCUT2D eigenvalue weighted by Gasteiger charge is 2.25. The number of nitrogens with zero attached hydrogens (tertiary/aromatic N) is 2. The van der Waals surface area contributed by atoms with E-state index in [1.807, 2.05) is 0 Å². The Balaban J connectivity index is 2.09. The van der Waals surface area contributed by atoms with E-state index in [1.165, 1.54) is 11.0 Å². The Hall–Kier alpha value is -1.51. The van der Waals surface area contributed by atoms with Crippen LogP contribution in [0.5, 0.6) is 5.75 Å². The topological polar surface area (TPSA) is 81.1 Å². The summed E-state index contributed by atoms with van der Waals surface area (Å²) in [5.74, 6) is -0.313. The first-order chi connectivity index (χ1) is 8.99. The van der Waals surface area contributed by atoms with Crippen molar-refractivity contribution in [3.05, 3.63) is 27.3 Å². The molecule has 1 fully saturated rings. The van der Waals surface area contributed by atoms with Crippen molar-refractivity contribution in [1.82, 2.24) is 9.80 Å². The smallest absolute Gasteiger partial charge is 0.407 e. The lowest BCUT2D eigenvalue weighted by Crippen LogP contribution is -2.50. The number of phenols is 1. The van der Waals surface area contributed by atoms with Gasteiger partial charge in [0.15, 0.2) is 0 Å². The molecular weight excluding hydrogens is 363 g/mol. The number of carbonyl (C=O) groups is 2. The summed E-state index contributed by atoms with van der Waals surface area (Å²) in [5.41, 5.74) is 0.260. The van der Waals surface area contributed by atoms with Crippen LogP contribution in [0.4, 0.5) is 4.79 Å². The molecule has 102 valence electrons. The van der Waals surface area contributed by atoms with Gasteiger partial charge in [-0.05, 0) is 40.8 Å². The van der Waals surface area contributed by atoms with E-state index < -0.39 is 6.09 Å². The van der Waals surface area contributed by atoms with Gasteiger partial charge in [-0.2, -0.15) is 0 Å². The van der Waals surface area contributed by atoms with Crippen LogP contribution in [0.15, 0.2) is 18.2 Å². The molecule has 0 radical (unpaired) electrons. The molecule has 0 saturated carbocycles. The fourth-order valence-electron chi connectivity index (χ4n) is 1.95. The van der Waals surface area contributed by atoms with E-state index >= 15 is 0 Å². The van der Waals surface area contributed by atoms with Crippen molar-refractivity contribution in [2.45, 2.75) is 0 Å². The second-order valence-corrected chi connectivity index (χ2v) is 5.47. The van der Waals surface area contributed by atoms with Crippen LogP contribution in [-0.4, -0.2) is 58.2 Å². The molecule has 1 saturated heterocycles. The summed E-state index contributed by atoms with van der Waals surface area (Å²) in [6.45, 7) is 1.28. The molecule has 2 amide bonds. The lowest BCUT2D eigenvalue weighted by Gasteiger charge is -2.33. The van der Waals surface area contributed by atoms with Crippen molar-refractivity contribution in [2.75, 3.05) is 26.2 Å². The maximum absolute atomic E-state index is 12.2. The molecule has 1 aromatic rings. The maximum Gasteiger partial charge on any atom is 0.407 e. The molecule has 1 aliphatic rings. The number of rotatable bonds is 1. The van der Waals surface area contributed by atoms with Crippen LogP contribution in [0.2, 0.25) is 0 Å². The van der Waals surface area contributed by atoms with Crippen molar-refractivity contribution < 1.29 is 19.8 Å². The Bertz CT molecular complexity index is 512. The normalized spacial score (nSPS) is 15.4. The molecular formula is C12H13IN2O4. The third-order valence-corrected chi connectivity index (χ3v) is 3.70. The molecule has 1 heterocycles. The van der Waals surface area contributed by atoms with Crippen molar-refractivity contribution in [1.29, 1.82) is 0 Å². The monoisotopic (exact) mass is 376 g/mol. The van der Waals surface area contributed by atoms with Gasteiger partial charge in [-0.1, -0.05) is 0 Å². The summed E-state index contributed by atoms with van der Waals surface area (Å²) in [5, 5.41) is 18.6. The van der Waals surface area contributed by atoms with Gasteiger partial charge < -0.3 is 20.0 Å². The third kappa shape index (κ3) is 3.09. The summed E-state index contributed by atoms with van der Waals surface area (Å²) in [4.78, 5) is 25.9. The number of halogens is 1. The zero-order valence-corrected chi connectivity index (χ0v) is 12.2. The van der Waals surface area contributed by atoms with Crippen LogP contribution in [-0.2, 0) is 0 Å². The summed E-state index contributed by atoms with van der Waals surface area (Å²) in [7, 11) is 0. The van der Waals surface area contributed by atoms with E-state index in [1.54, 1.807) is 17.0 Å². The number of hydrogen-bond acceptors (Lipinski definition) is 3. The van der Waals surface area contributed by atoms with Gasteiger partial charge in [0.1, 0.15) is 5.75 Å². The molecule has 7 heteroatoms. The van der Waals surface area contributed by atoms with Crippen LogP contribution in [0.1, 0.15) is 10.4 Å². The van der Waals surface area contributed by atoms with Gasteiger partial charge in [0.05, 0.1) is 5.56 Å². The molecule has 1 aliphatic heterocycles. The van der Waals surface area contributed by atoms with Gasteiger partial charge in [0, 0.05) is 29.7 Å². The van der Waals surface area contributed by atoms with Crippen molar-refractivity contribution in [3.63, 3.8) is 0 Å². The first-order valence-corrected chi connectivity index (χ1v) is 6.82. The quantitative estimate of drug-likeness (QED) is 0.727. The van der Waals surface area contributed by atoms with Crippen molar-refractivity contribution in [2.24, 2.45) is 0 Å². The van der Waals surface area contributed by atoms with Crippen molar-refractivity contribution in [3.8, 4) is 5.75 Å². The molecule has 2 rings (SSSR count). The lowest BCUT2D eigenvalue weighted by atomic mass is 10.1. The predicted molar refractivity (Wildman–Crippen MR) is 76.3 cm³/mol. The number of phenolic OH excluding ortho intramolecular Hbond substituents is 1. The zero-order valence-electron chi connectivity index (χ0n) is 10.0. The Morgan fingerprint density at radius 3 is 2.26 bits per heavy atom. The summed E-state index contributed by atoms with van der Waals surface area (Å²) in [6.07, 6.45) is -0.968. The molecule has 0 atom stereocenters. The molecule has 0 spiro atoms. The summed E-state index contributed by atoms with van der Waals surface area (Å²) >= 11 is 2.07. The number of amides is 2. The highest BCUT2D eigenvalue weighted by molar-refractivity contribution is 14.1. The lowest BCUT2D eigenvalue weighted by molar-refractivity contribution is 0.0622. The van der Waals surface area contributed by atoms with Gasteiger partial charge in [0.2, 0.25) is 0 Å². The van der Waals surface area contributed by atoms with Gasteiger partial charge in [-0.25, -0.2) is 4.79 Å². The highest BCUT2D eigenvalue weighted by atomic mass is 127. The Labute approximate surface area is 123 Å². The first kappa shape index (κ1) is 13.9. The van der Waals surface area contributed by atoms with E-state index in [2.05, 4.69) is 22.6 Å². The second kappa shape index (κ2) is 5.64. The Morgan fingerprint density at radius 1 is 1.11 bits per heavy atom. The summed E-state index contributed by atoms with van der Waals surface area (Å²) in [6, 6.07) is 4.83. The van der Waals surface area contributed by atoms with Gasteiger partial charge in [-0.3, -0.25) is 4.79 Å². The average molecular weight is 376 g/mol. The first-order valence-electron chi connectivity index (χ1n) is 5.74. The van der Waals surface area contributed by atoms with Crippen LogP contribution < -0.4 is 0 Å². The minimum absolute atomic E-state index is 0.0499. The standard InChI is InChI=1S/C12H13IN2O4/c13-8-1-2-10(16)9(7-8)11(17)14-3-5-15(6-4-14)12(18)19/h1-2,7,16H,3-6H2,(H,18,19). The van der Waals surface area contributed by atoms with E-state index in [0.29, 0.717) is 26.2 Å². The molecule has 0 bridgehead atoms. The van der Waals surface area contributed by atoms with Crippen LogP contribution >= 0.6 is 22.6 Å². The van der Waals surface area contributed by atoms with Crippen LogP contribution in [0, 0.1) is 3.57 Å². The number of hydrogen-bond donors (Lipinski definition) is 2. The number of benzene rings is 1. The second-order valence-electron chi connectivity index (χ2n) is 4.22. The largest absolute Gasteiger partial charge is 0.507 e. The number of aromatic hydroxyl groups is 1. The summed E-state index contributed by atoms with van der Waals surface area (Å²) < 4.78 is 0.864. The molecule has 0 aromatic heterocycles. The van der Waals surface area contributed by atoms with E-state index in [4.69, 9.17) is 5.11 Å². The molecule has 1 aromatic carbocycles.